The van der Waals surface area contributed by atoms with Gasteiger partial charge in [-0.25, -0.2) is 0 Å². The first-order chi connectivity index (χ1) is 11.2. The van der Waals surface area contributed by atoms with Gasteiger partial charge >= 0.3 is 0 Å². The molecule has 0 radical (unpaired) electrons. The van der Waals surface area contributed by atoms with Crippen molar-refractivity contribution >= 4 is 41.3 Å². The predicted molar refractivity (Wildman–Crippen MR) is 107 cm³/mol. The standard InChI is InChI=1S/C15H25N5O3.HI/c1-3-23-12-6-9-18-15(16-2)19-11-10-17-13-7-4-5-8-14(13)20(21)22;/h4-5,7-8,17H,3,6,9-12H2,1-2H3,(H2,16,18,19);1H. The number of para-hydroxylation sites is 2. The number of ether oxygens (including phenoxy) is 1. The van der Waals surface area contributed by atoms with Crippen LogP contribution < -0.4 is 16.0 Å². The number of halogens is 1. The molecule has 0 atom stereocenters. The number of nitrogens with zero attached hydrogens (tertiary/aromatic N) is 2. The zero-order chi connectivity index (χ0) is 16.9. The van der Waals surface area contributed by atoms with Crippen LogP contribution in [0.2, 0.25) is 0 Å². The van der Waals surface area contributed by atoms with E-state index in [1.165, 1.54) is 6.07 Å². The molecule has 8 nitrogen and oxygen atoms in total. The van der Waals surface area contributed by atoms with E-state index in [4.69, 9.17) is 4.74 Å². The van der Waals surface area contributed by atoms with E-state index in [0.717, 1.165) is 26.2 Å². The van der Waals surface area contributed by atoms with Crippen LogP contribution in [0.5, 0.6) is 0 Å². The molecule has 0 spiro atoms. The molecule has 0 heterocycles. The van der Waals surface area contributed by atoms with Gasteiger partial charge in [-0.2, -0.15) is 0 Å². The number of nitro benzene ring substituents is 1. The highest BCUT2D eigenvalue weighted by molar-refractivity contribution is 14.0. The molecule has 1 aromatic rings. The number of nitrogens with one attached hydrogen (secondary N) is 3. The lowest BCUT2D eigenvalue weighted by atomic mass is 10.2. The zero-order valence-corrected chi connectivity index (χ0v) is 16.4. The Bertz CT molecular complexity index is 514. The Morgan fingerprint density at radius 3 is 2.62 bits per heavy atom. The van der Waals surface area contributed by atoms with Crippen LogP contribution in [-0.2, 0) is 4.74 Å². The summed E-state index contributed by atoms with van der Waals surface area (Å²) in [7, 11) is 1.70. The molecule has 0 saturated heterocycles. The number of hydrogen-bond donors (Lipinski definition) is 3. The molecule has 0 unspecified atom stereocenters. The number of guanidine groups is 1. The maximum absolute atomic E-state index is 10.9. The van der Waals surface area contributed by atoms with Crippen molar-refractivity contribution in [2.75, 3.05) is 45.2 Å². The van der Waals surface area contributed by atoms with Gasteiger partial charge in [0.1, 0.15) is 5.69 Å². The number of hydrogen-bond acceptors (Lipinski definition) is 5. The van der Waals surface area contributed by atoms with Crippen LogP contribution in [0.25, 0.3) is 0 Å². The minimum atomic E-state index is -0.394. The van der Waals surface area contributed by atoms with Crippen molar-refractivity contribution in [3.63, 3.8) is 0 Å². The molecule has 1 rings (SSSR count). The van der Waals surface area contributed by atoms with Crippen molar-refractivity contribution in [1.29, 1.82) is 0 Å². The third-order valence-corrected chi connectivity index (χ3v) is 3.02. The molecule has 9 heteroatoms. The second-order valence-electron chi connectivity index (χ2n) is 4.68. The molecule has 3 N–H and O–H groups in total. The first kappa shape index (κ1) is 22.4. The first-order valence-electron chi connectivity index (χ1n) is 7.68. The van der Waals surface area contributed by atoms with E-state index in [0.29, 0.717) is 24.7 Å². The summed E-state index contributed by atoms with van der Waals surface area (Å²) < 4.78 is 5.26. The van der Waals surface area contributed by atoms with Crippen LogP contribution >= 0.6 is 24.0 Å². The average Bonchev–Trinajstić information content (AvgIpc) is 2.56. The Labute approximate surface area is 159 Å². The Morgan fingerprint density at radius 1 is 1.25 bits per heavy atom. The minimum absolute atomic E-state index is 0. The van der Waals surface area contributed by atoms with E-state index >= 15 is 0 Å². The Morgan fingerprint density at radius 2 is 1.96 bits per heavy atom. The fourth-order valence-electron chi connectivity index (χ4n) is 1.91. The van der Waals surface area contributed by atoms with Crippen molar-refractivity contribution in [3.05, 3.63) is 34.4 Å². The molecule has 0 bridgehead atoms. The molecular weight excluding hydrogens is 425 g/mol. The van der Waals surface area contributed by atoms with E-state index in [1.54, 1.807) is 25.2 Å². The van der Waals surface area contributed by atoms with Crippen LogP contribution in [0.4, 0.5) is 11.4 Å². The van der Waals surface area contributed by atoms with Crippen LogP contribution in [0, 0.1) is 10.1 Å². The van der Waals surface area contributed by atoms with Crippen molar-refractivity contribution < 1.29 is 9.66 Å². The number of nitro groups is 1. The van der Waals surface area contributed by atoms with Gasteiger partial charge in [-0.3, -0.25) is 15.1 Å². The Hall–Kier alpha value is -1.62. The van der Waals surface area contributed by atoms with Gasteiger partial charge in [0, 0.05) is 46.0 Å². The Balaban J connectivity index is 0.00000529. The summed E-state index contributed by atoms with van der Waals surface area (Å²) in [6.07, 6.45) is 0.906. The maximum atomic E-state index is 10.9. The number of aliphatic imine (C=N–C) groups is 1. The summed E-state index contributed by atoms with van der Waals surface area (Å²) in [6, 6.07) is 6.59. The number of benzene rings is 1. The van der Waals surface area contributed by atoms with E-state index in [-0.39, 0.29) is 29.7 Å². The summed E-state index contributed by atoms with van der Waals surface area (Å²) in [5.74, 6) is 0.700. The molecule has 0 fully saturated rings. The van der Waals surface area contributed by atoms with Gasteiger partial charge in [-0.05, 0) is 19.4 Å². The SMILES string of the molecule is CCOCCCNC(=NC)NCCNc1ccccc1[N+](=O)[O-].I. The number of anilines is 1. The van der Waals surface area contributed by atoms with Gasteiger partial charge in [0.25, 0.3) is 5.69 Å². The lowest BCUT2D eigenvalue weighted by molar-refractivity contribution is -0.384. The summed E-state index contributed by atoms with van der Waals surface area (Å²) in [6.45, 7) is 5.33. The summed E-state index contributed by atoms with van der Waals surface area (Å²) >= 11 is 0. The minimum Gasteiger partial charge on any atom is -0.382 e. The topological polar surface area (TPSA) is 101 Å². The van der Waals surface area contributed by atoms with E-state index in [9.17, 15) is 10.1 Å². The van der Waals surface area contributed by atoms with Crippen LogP contribution in [0.1, 0.15) is 13.3 Å². The van der Waals surface area contributed by atoms with Gasteiger partial charge in [0.15, 0.2) is 5.96 Å². The highest BCUT2D eigenvalue weighted by Gasteiger charge is 2.11. The molecule has 0 amide bonds. The van der Waals surface area contributed by atoms with Gasteiger partial charge in [-0.1, -0.05) is 12.1 Å². The third kappa shape index (κ3) is 8.87. The van der Waals surface area contributed by atoms with Gasteiger partial charge in [0.2, 0.25) is 0 Å². The second-order valence-corrected chi connectivity index (χ2v) is 4.68. The van der Waals surface area contributed by atoms with E-state index in [1.807, 2.05) is 6.92 Å². The van der Waals surface area contributed by atoms with Gasteiger partial charge in [0.05, 0.1) is 4.92 Å². The van der Waals surface area contributed by atoms with E-state index < -0.39 is 4.92 Å². The smallest absolute Gasteiger partial charge is 0.292 e. The second kappa shape index (κ2) is 13.8. The summed E-state index contributed by atoms with van der Waals surface area (Å²) in [5.41, 5.74) is 0.588. The highest BCUT2D eigenvalue weighted by Crippen LogP contribution is 2.22. The summed E-state index contributed by atoms with van der Waals surface area (Å²) in [4.78, 5) is 14.6. The predicted octanol–water partition coefficient (Wildman–Crippen LogP) is 2.22. The summed E-state index contributed by atoms with van der Waals surface area (Å²) in [5, 5.41) is 20.3. The first-order valence-corrected chi connectivity index (χ1v) is 7.68. The fourth-order valence-corrected chi connectivity index (χ4v) is 1.91. The van der Waals surface area contributed by atoms with Gasteiger partial charge < -0.3 is 20.7 Å². The van der Waals surface area contributed by atoms with Crippen LogP contribution in [0.15, 0.2) is 29.3 Å². The monoisotopic (exact) mass is 451 g/mol. The molecule has 0 aliphatic rings. The molecular formula is C15H26IN5O3. The normalized spacial score (nSPS) is 10.7. The molecule has 0 aliphatic carbocycles. The average molecular weight is 451 g/mol. The highest BCUT2D eigenvalue weighted by atomic mass is 127. The van der Waals surface area contributed by atoms with Crippen molar-refractivity contribution in [1.82, 2.24) is 10.6 Å². The van der Waals surface area contributed by atoms with Crippen molar-refractivity contribution in [2.45, 2.75) is 13.3 Å². The lowest BCUT2D eigenvalue weighted by Gasteiger charge is -2.12. The number of rotatable bonds is 10. The third-order valence-electron chi connectivity index (χ3n) is 3.02. The van der Waals surface area contributed by atoms with Crippen molar-refractivity contribution in [3.8, 4) is 0 Å². The molecule has 1 aromatic carbocycles. The molecule has 0 saturated carbocycles. The quantitative estimate of drug-likeness (QED) is 0.126. The zero-order valence-electron chi connectivity index (χ0n) is 14.1. The molecule has 0 aliphatic heterocycles. The Kier molecular flexibility index (Phi) is 12.9. The molecule has 0 aromatic heterocycles. The lowest BCUT2D eigenvalue weighted by Crippen LogP contribution is -2.40. The fraction of sp³-hybridized carbons (Fsp3) is 0.533. The van der Waals surface area contributed by atoms with E-state index in [2.05, 4.69) is 20.9 Å². The van der Waals surface area contributed by atoms with Gasteiger partial charge in [-0.15, -0.1) is 24.0 Å². The largest absolute Gasteiger partial charge is 0.382 e. The molecule has 136 valence electrons. The maximum Gasteiger partial charge on any atom is 0.292 e. The molecule has 24 heavy (non-hydrogen) atoms. The van der Waals surface area contributed by atoms with Crippen molar-refractivity contribution in [2.24, 2.45) is 4.99 Å². The van der Waals surface area contributed by atoms with Crippen LogP contribution in [0.3, 0.4) is 0 Å². The van der Waals surface area contributed by atoms with Crippen LogP contribution in [-0.4, -0.2) is 50.8 Å².